The van der Waals surface area contributed by atoms with E-state index in [2.05, 4.69) is 27.8 Å². The number of carbonyl (C=O) groups is 5. The molecule has 2 saturated carbocycles. The van der Waals surface area contributed by atoms with Crippen LogP contribution in [0.15, 0.2) is 12.7 Å². The molecule has 13 heteroatoms. The highest BCUT2D eigenvalue weighted by Crippen LogP contribution is 2.40. The lowest BCUT2D eigenvalue weighted by atomic mass is 9.75. The van der Waals surface area contributed by atoms with Crippen LogP contribution in [0.1, 0.15) is 106 Å². The minimum Gasteiger partial charge on any atom is -0.346 e. The minimum atomic E-state index is -3.39. The third-order valence-corrected chi connectivity index (χ3v) is 12.0. The van der Waals surface area contributed by atoms with E-state index in [0.717, 1.165) is 32.1 Å². The van der Waals surface area contributed by atoms with Gasteiger partial charge in [-0.15, -0.1) is 6.58 Å². The fourth-order valence-electron chi connectivity index (χ4n) is 7.14. The highest BCUT2D eigenvalue weighted by atomic mass is 32.2. The van der Waals surface area contributed by atoms with Crippen LogP contribution in [-0.2, 0) is 29.0 Å². The zero-order valence-electron chi connectivity index (χ0n) is 30.1. The molecule has 5 amide bonds. The fraction of sp³-hybridized carbons (Fsp3) is 0.800. The van der Waals surface area contributed by atoms with Gasteiger partial charge >= 0.3 is 6.03 Å². The van der Waals surface area contributed by atoms with Gasteiger partial charge in [-0.05, 0) is 48.3 Å². The van der Waals surface area contributed by atoms with Gasteiger partial charge in [0.2, 0.25) is 17.6 Å². The van der Waals surface area contributed by atoms with Crippen molar-refractivity contribution in [2.24, 2.45) is 22.7 Å². The molecular weight excluding hydrogens is 634 g/mol. The maximum atomic E-state index is 14.5. The molecular formula is C35H59N5O7S. The van der Waals surface area contributed by atoms with Gasteiger partial charge in [0.1, 0.15) is 12.1 Å². The van der Waals surface area contributed by atoms with E-state index < -0.39 is 68.5 Å². The third-order valence-electron chi connectivity index (χ3n) is 10.1. The first-order valence-electron chi connectivity index (χ1n) is 17.6. The van der Waals surface area contributed by atoms with Gasteiger partial charge in [-0.2, -0.15) is 0 Å². The Morgan fingerprint density at radius 3 is 2.10 bits per heavy atom. The molecule has 48 heavy (non-hydrogen) atoms. The number of nitrogens with zero attached hydrogens (tertiary/aromatic N) is 1. The van der Waals surface area contributed by atoms with Crippen molar-refractivity contribution in [1.82, 2.24) is 26.2 Å². The molecule has 1 heterocycles. The lowest BCUT2D eigenvalue weighted by Crippen LogP contribution is -2.63. The highest BCUT2D eigenvalue weighted by molar-refractivity contribution is 7.91. The smallest absolute Gasteiger partial charge is 0.315 e. The first-order chi connectivity index (χ1) is 22.2. The highest BCUT2D eigenvalue weighted by Gasteiger charge is 2.50. The van der Waals surface area contributed by atoms with E-state index in [1.807, 2.05) is 41.5 Å². The number of hydrogen-bond acceptors (Lipinski definition) is 7. The number of sulfone groups is 1. The molecule has 0 aromatic heterocycles. The van der Waals surface area contributed by atoms with Crippen LogP contribution >= 0.6 is 0 Å². The number of nitrogens with one attached hydrogen (secondary N) is 4. The summed E-state index contributed by atoms with van der Waals surface area (Å²) in [7, 11) is -3.39. The summed E-state index contributed by atoms with van der Waals surface area (Å²) in [5.41, 5.74) is -2.07. The second-order valence-electron chi connectivity index (χ2n) is 16.3. The van der Waals surface area contributed by atoms with Crippen molar-refractivity contribution >= 4 is 39.4 Å². The molecule has 3 aliphatic rings. The predicted octanol–water partition coefficient (Wildman–Crippen LogP) is 3.26. The Hall–Kier alpha value is -2.96. The second kappa shape index (κ2) is 15.7. The quantitative estimate of drug-likeness (QED) is 0.160. The van der Waals surface area contributed by atoms with Crippen molar-refractivity contribution in [2.45, 2.75) is 130 Å². The first-order valence-corrected chi connectivity index (χ1v) is 19.4. The van der Waals surface area contributed by atoms with Crippen molar-refractivity contribution in [2.75, 3.05) is 24.6 Å². The topological polar surface area (TPSA) is 171 Å². The first kappa shape index (κ1) is 39.5. The van der Waals surface area contributed by atoms with Crippen LogP contribution in [0, 0.1) is 22.7 Å². The molecule has 3 fully saturated rings. The molecule has 272 valence electrons. The van der Waals surface area contributed by atoms with Crippen LogP contribution in [0.2, 0.25) is 0 Å². The van der Waals surface area contributed by atoms with E-state index in [1.54, 1.807) is 6.92 Å². The lowest BCUT2D eigenvalue weighted by Gasteiger charge is -2.40. The van der Waals surface area contributed by atoms with Crippen LogP contribution < -0.4 is 21.3 Å². The van der Waals surface area contributed by atoms with Gasteiger partial charge in [0.15, 0.2) is 9.84 Å². The predicted molar refractivity (Wildman–Crippen MR) is 186 cm³/mol. The van der Waals surface area contributed by atoms with Crippen LogP contribution in [0.3, 0.4) is 0 Å². The molecule has 4 N–H and O–H groups in total. The maximum Gasteiger partial charge on any atom is 0.315 e. The molecule has 4 atom stereocenters. The Morgan fingerprint density at radius 2 is 1.58 bits per heavy atom. The summed E-state index contributed by atoms with van der Waals surface area (Å²) in [6.07, 6.45) is 7.78. The van der Waals surface area contributed by atoms with Gasteiger partial charge in [-0.1, -0.05) is 86.6 Å². The number of likely N-dealkylation sites (tertiary alicyclic amines) is 1. The van der Waals surface area contributed by atoms with Gasteiger partial charge in [-0.3, -0.25) is 19.2 Å². The summed E-state index contributed by atoms with van der Waals surface area (Å²) >= 11 is 0. The molecule has 12 nitrogen and oxygen atoms in total. The molecule has 0 aromatic carbocycles. The number of ketones is 1. The summed E-state index contributed by atoms with van der Waals surface area (Å²) in [4.78, 5) is 69.5. The van der Waals surface area contributed by atoms with Crippen LogP contribution in [0.25, 0.3) is 0 Å². The maximum absolute atomic E-state index is 14.5. The Morgan fingerprint density at radius 1 is 0.958 bits per heavy atom. The standard InChI is InChI=1S/C35H59N5O7S/c1-9-19-36-30(43)27(41)25(21-23-14-15-23)37-29(42)26-24(33(3,4)5)16-20-40(26)31(44)28(34(6,7)8)38-32(45)39-35(17-12-11-13-18-35)22-48(46,47)10-2/h9,23-26,28H,1,10-22H2,2-8H3,(H,36,43)(H,37,42)(H2,38,39,45)/t24?,25?,26?,28-/m1/s1. The minimum absolute atomic E-state index is 0.0267. The Balaban J connectivity index is 1.88. The van der Waals surface area contributed by atoms with Crippen molar-refractivity contribution in [3.8, 4) is 0 Å². The van der Waals surface area contributed by atoms with Crippen LogP contribution in [0.4, 0.5) is 4.79 Å². The summed E-state index contributed by atoms with van der Waals surface area (Å²) in [5.74, 6) is -2.67. The molecule has 2 aliphatic carbocycles. The monoisotopic (exact) mass is 693 g/mol. The Bertz CT molecular complexity index is 1320. The number of hydrogen-bond donors (Lipinski definition) is 4. The van der Waals surface area contributed by atoms with Gasteiger partial charge in [0.25, 0.3) is 5.91 Å². The van der Waals surface area contributed by atoms with E-state index in [0.29, 0.717) is 25.7 Å². The Kier molecular flexibility index (Phi) is 12.9. The molecule has 0 bridgehead atoms. The zero-order chi connectivity index (χ0) is 36.1. The van der Waals surface area contributed by atoms with Crippen molar-refractivity contribution in [3.05, 3.63) is 12.7 Å². The van der Waals surface area contributed by atoms with Crippen LogP contribution in [0.5, 0.6) is 0 Å². The molecule has 1 aliphatic heterocycles. The Labute approximate surface area is 287 Å². The van der Waals surface area contributed by atoms with E-state index >= 15 is 0 Å². The summed E-state index contributed by atoms with van der Waals surface area (Å²) in [6, 6.07) is -3.62. The van der Waals surface area contributed by atoms with Gasteiger partial charge in [0, 0.05) is 18.8 Å². The third kappa shape index (κ3) is 10.5. The molecule has 1 saturated heterocycles. The molecule has 0 spiro atoms. The SMILES string of the molecule is C=CCNC(=O)C(=O)C(CC1CC1)NC(=O)C1C(C(C)(C)C)CCN1C(=O)[C@@H](NC(=O)NC1(CS(=O)(=O)CC)CCCCC1)C(C)(C)C. The summed E-state index contributed by atoms with van der Waals surface area (Å²) < 4.78 is 25.4. The molecule has 0 radical (unpaired) electrons. The average Bonchev–Trinajstić information content (AvgIpc) is 3.69. The fourth-order valence-corrected chi connectivity index (χ4v) is 8.54. The van der Waals surface area contributed by atoms with E-state index in [4.69, 9.17) is 0 Å². The number of urea groups is 1. The molecule has 0 aromatic rings. The molecule has 3 unspecified atom stereocenters. The average molecular weight is 694 g/mol. The van der Waals surface area contributed by atoms with Gasteiger partial charge in [0.05, 0.1) is 17.3 Å². The van der Waals surface area contributed by atoms with Gasteiger partial charge < -0.3 is 26.2 Å². The number of amides is 5. The second-order valence-corrected chi connectivity index (χ2v) is 18.6. The number of rotatable bonds is 14. The normalized spacial score (nSPS) is 22.6. The van der Waals surface area contributed by atoms with Crippen molar-refractivity contribution in [1.29, 1.82) is 0 Å². The van der Waals surface area contributed by atoms with Crippen LogP contribution in [-0.4, -0.2) is 91.1 Å². The molecule has 3 rings (SSSR count). The van der Waals surface area contributed by atoms with Gasteiger partial charge in [-0.25, -0.2) is 13.2 Å². The zero-order valence-corrected chi connectivity index (χ0v) is 30.9. The number of carbonyl (C=O) groups excluding carboxylic acids is 5. The largest absolute Gasteiger partial charge is 0.346 e. The summed E-state index contributed by atoms with van der Waals surface area (Å²) in [5, 5.41) is 11.2. The van der Waals surface area contributed by atoms with Crippen molar-refractivity contribution < 1.29 is 32.4 Å². The van der Waals surface area contributed by atoms with E-state index in [-0.39, 0.29) is 41.8 Å². The van der Waals surface area contributed by atoms with E-state index in [1.165, 1.54) is 11.0 Å². The van der Waals surface area contributed by atoms with E-state index in [9.17, 15) is 32.4 Å². The number of Topliss-reactive ketones (excluding diaryl/α,β-unsaturated/α-hetero) is 1. The lowest BCUT2D eigenvalue weighted by molar-refractivity contribution is -0.145. The summed E-state index contributed by atoms with van der Waals surface area (Å²) in [6.45, 7) is 17.0. The van der Waals surface area contributed by atoms with Crippen molar-refractivity contribution in [3.63, 3.8) is 0 Å².